The van der Waals surface area contributed by atoms with E-state index in [2.05, 4.69) is 39.0 Å². The minimum atomic E-state index is 0.0929. The molecule has 0 saturated carbocycles. The molecule has 0 radical (unpaired) electrons. The van der Waals surface area contributed by atoms with Crippen LogP contribution >= 0.6 is 0 Å². The lowest BCUT2D eigenvalue weighted by Gasteiger charge is -2.01. The van der Waals surface area contributed by atoms with Crippen molar-refractivity contribution in [3.63, 3.8) is 0 Å². The Bertz CT molecular complexity index is 406. The fraction of sp³-hybridized carbons (Fsp3) is 0.500. The van der Waals surface area contributed by atoms with E-state index in [9.17, 15) is 0 Å². The SMILES string of the molecule is Cc1cc(C)c([I+]C2=CCCCCC2)c(C)c1. The van der Waals surface area contributed by atoms with Crippen LogP contribution in [0, 0.1) is 24.3 Å². The molecule has 1 aromatic rings. The lowest BCUT2D eigenvalue weighted by molar-refractivity contribution is -0.580. The Morgan fingerprint density at radius 1 is 0.941 bits per heavy atom. The summed E-state index contributed by atoms with van der Waals surface area (Å²) in [7, 11) is 0. The Balaban J connectivity index is 2.20. The van der Waals surface area contributed by atoms with Gasteiger partial charge < -0.3 is 0 Å². The van der Waals surface area contributed by atoms with E-state index >= 15 is 0 Å². The van der Waals surface area contributed by atoms with Gasteiger partial charge in [-0.2, -0.15) is 0 Å². The van der Waals surface area contributed by atoms with Gasteiger partial charge in [-0.1, -0.05) is 24.1 Å². The van der Waals surface area contributed by atoms with Gasteiger partial charge in [0.15, 0.2) is 7.15 Å². The third-order valence-electron chi connectivity index (χ3n) is 3.28. The number of benzene rings is 1. The molecule has 1 heteroatoms. The normalized spacial score (nSPS) is 16.5. The molecule has 0 heterocycles. The first-order valence-corrected chi connectivity index (χ1v) is 8.74. The molecular formula is C16H22I+. The second-order valence-corrected chi connectivity index (χ2v) is 8.06. The molecule has 0 nitrogen and oxygen atoms in total. The number of allylic oxidation sites excluding steroid dienone is 2. The van der Waals surface area contributed by atoms with Crippen molar-refractivity contribution in [3.05, 3.63) is 42.0 Å². The van der Waals surface area contributed by atoms with Crippen LogP contribution in [-0.4, -0.2) is 0 Å². The van der Waals surface area contributed by atoms with Crippen molar-refractivity contribution in [2.45, 2.75) is 52.9 Å². The predicted octanol–water partition coefficient (Wildman–Crippen LogP) is 1.72. The second kappa shape index (κ2) is 6.03. The van der Waals surface area contributed by atoms with Crippen LogP contribution in [0.1, 0.15) is 48.8 Å². The Kier molecular flexibility index (Phi) is 4.66. The predicted molar refractivity (Wildman–Crippen MR) is 70.5 cm³/mol. The molecule has 0 aromatic heterocycles. The molecule has 0 fully saturated rings. The van der Waals surface area contributed by atoms with Gasteiger partial charge in [-0.05, 0) is 46.1 Å². The maximum atomic E-state index is 2.54. The average Bonchev–Trinajstić information content (AvgIpc) is 2.51. The zero-order valence-corrected chi connectivity index (χ0v) is 13.3. The molecule has 0 saturated heterocycles. The van der Waals surface area contributed by atoms with Crippen LogP contribution in [0.25, 0.3) is 0 Å². The lowest BCUT2D eigenvalue weighted by Crippen LogP contribution is -3.61. The summed E-state index contributed by atoms with van der Waals surface area (Å²) in [5.74, 6) is 0. The maximum Gasteiger partial charge on any atom is 0.353 e. The molecule has 92 valence electrons. The van der Waals surface area contributed by atoms with Gasteiger partial charge in [-0.3, -0.25) is 0 Å². The van der Waals surface area contributed by atoms with E-state index in [1.807, 2.05) is 0 Å². The molecule has 1 aliphatic rings. The Morgan fingerprint density at radius 3 is 2.35 bits per heavy atom. The number of aryl methyl sites for hydroxylation is 3. The monoisotopic (exact) mass is 341 g/mol. The zero-order valence-electron chi connectivity index (χ0n) is 11.1. The van der Waals surface area contributed by atoms with E-state index < -0.39 is 0 Å². The quantitative estimate of drug-likeness (QED) is 0.719. The van der Waals surface area contributed by atoms with Crippen molar-refractivity contribution in [2.75, 3.05) is 0 Å². The molecule has 2 rings (SSSR count). The molecule has 1 aliphatic carbocycles. The molecule has 0 atom stereocenters. The fourth-order valence-corrected chi connectivity index (χ4v) is 5.53. The molecular weight excluding hydrogens is 319 g/mol. The van der Waals surface area contributed by atoms with Gasteiger partial charge in [-0.25, -0.2) is 0 Å². The largest absolute Gasteiger partial charge is 0.353 e. The van der Waals surface area contributed by atoms with Crippen molar-refractivity contribution < 1.29 is 21.2 Å². The average molecular weight is 341 g/mol. The van der Waals surface area contributed by atoms with Gasteiger partial charge in [0.1, 0.15) is 0 Å². The van der Waals surface area contributed by atoms with Crippen molar-refractivity contribution in [2.24, 2.45) is 0 Å². The van der Waals surface area contributed by atoms with E-state index in [4.69, 9.17) is 0 Å². The summed E-state index contributed by atoms with van der Waals surface area (Å²) in [5, 5.41) is 0. The molecule has 0 amide bonds. The van der Waals surface area contributed by atoms with Gasteiger partial charge in [0.05, 0.1) is 0 Å². The highest BCUT2D eigenvalue weighted by Crippen LogP contribution is 2.12. The zero-order chi connectivity index (χ0) is 12.3. The van der Waals surface area contributed by atoms with E-state index in [-0.39, 0.29) is 21.2 Å². The first-order valence-electron chi connectivity index (χ1n) is 6.58. The van der Waals surface area contributed by atoms with Gasteiger partial charge in [-0.15, -0.1) is 0 Å². The Hall–Kier alpha value is -0.310. The highest BCUT2D eigenvalue weighted by atomic mass is 127. The van der Waals surface area contributed by atoms with Crippen LogP contribution in [0.4, 0.5) is 0 Å². The first-order chi connectivity index (χ1) is 8.16. The topological polar surface area (TPSA) is 0 Å². The van der Waals surface area contributed by atoms with Crippen molar-refractivity contribution in [3.8, 4) is 0 Å². The number of hydrogen-bond donors (Lipinski definition) is 0. The van der Waals surface area contributed by atoms with E-state index in [0.717, 1.165) is 0 Å². The third-order valence-corrected chi connectivity index (χ3v) is 7.20. The van der Waals surface area contributed by atoms with Crippen molar-refractivity contribution in [1.82, 2.24) is 0 Å². The van der Waals surface area contributed by atoms with Crippen LogP contribution in [-0.2, 0) is 0 Å². The minimum absolute atomic E-state index is 0.0929. The molecule has 0 spiro atoms. The van der Waals surface area contributed by atoms with Crippen LogP contribution in [0.2, 0.25) is 0 Å². The molecule has 0 N–H and O–H groups in total. The lowest BCUT2D eigenvalue weighted by atomic mass is 10.1. The summed E-state index contributed by atoms with van der Waals surface area (Å²) in [6, 6.07) is 4.69. The summed E-state index contributed by atoms with van der Waals surface area (Å²) in [4.78, 5) is 0. The van der Waals surface area contributed by atoms with Crippen LogP contribution in [0.15, 0.2) is 21.8 Å². The molecule has 1 aromatic carbocycles. The Labute approximate surface area is 116 Å². The number of halogens is 1. The maximum absolute atomic E-state index is 2.54. The highest BCUT2D eigenvalue weighted by Gasteiger charge is 2.24. The number of rotatable bonds is 2. The Morgan fingerprint density at radius 2 is 1.65 bits per heavy atom. The van der Waals surface area contributed by atoms with E-state index in [0.29, 0.717) is 0 Å². The second-order valence-electron chi connectivity index (χ2n) is 5.06. The van der Waals surface area contributed by atoms with Gasteiger partial charge in [0.25, 0.3) is 0 Å². The first kappa shape index (κ1) is 13.1. The molecule has 0 aliphatic heterocycles. The van der Waals surface area contributed by atoms with Crippen LogP contribution in [0.5, 0.6) is 0 Å². The van der Waals surface area contributed by atoms with E-state index in [1.54, 1.807) is 7.15 Å². The standard InChI is InChI=1S/C16H22I/c1-12-10-13(2)16(14(3)11-12)17-15-8-6-4-5-7-9-15/h8,10-11H,4-7,9H2,1-3H3/q+1. The van der Waals surface area contributed by atoms with Crippen LogP contribution in [0.3, 0.4) is 0 Å². The summed E-state index contributed by atoms with van der Waals surface area (Å²) >= 11 is 0.0929. The smallest absolute Gasteiger partial charge is 0.0525 e. The summed E-state index contributed by atoms with van der Waals surface area (Å²) in [6.07, 6.45) is 9.46. The molecule has 0 unspecified atom stereocenters. The third kappa shape index (κ3) is 3.57. The van der Waals surface area contributed by atoms with Gasteiger partial charge in [0, 0.05) is 17.5 Å². The molecule has 0 bridgehead atoms. The molecule has 17 heavy (non-hydrogen) atoms. The van der Waals surface area contributed by atoms with Crippen molar-refractivity contribution in [1.29, 1.82) is 0 Å². The van der Waals surface area contributed by atoms with Gasteiger partial charge >= 0.3 is 21.2 Å². The number of hydrogen-bond acceptors (Lipinski definition) is 0. The van der Waals surface area contributed by atoms with E-state index in [1.165, 1.54) is 48.8 Å². The van der Waals surface area contributed by atoms with Gasteiger partial charge in [0.2, 0.25) is 0 Å². The minimum Gasteiger partial charge on any atom is -0.0525 e. The van der Waals surface area contributed by atoms with Crippen molar-refractivity contribution >= 4 is 0 Å². The fourth-order valence-electron chi connectivity index (χ4n) is 2.49. The summed E-state index contributed by atoms with van der Waals surface area (Å²) < 4.78 is 3.44. The summed E-state index contributed by atoms with van der Waals surface area (Å²) in [5.41, 5.74) is 4.43. The van der Waals surface area contributed by atoms with Crippen LogP contribution < -0.4 is 21.2 Å². The highest BCUT2D eigenvalue weighted by molar-refractivity contribution is 5.27. The summed E-state index contributed by atoms with van der Waals surface area (Å²) in [6.45, 7) is 6.77.